The van der Waals surface area contributed by atoms with E-state index in [2.05, 4.69) is 15.9 Å². The van der Waals surface area contributed by atoms with Crippen molar-refractivity contribution in [1.82, 2.24) is 0 Å². The number of phenols is 1. The Bertz CT molecular complexity index is 962. The normalized spacial score (nSPS) is 11.1. The third-order valence-electron chi connectivity index (χ3n) is 3.29. The smallest absolute Gasteiger partial charge is 0.419 e. The third-order valence-corrected chi connectivity index (χ3v) is 3.92. The highest BCUT2D eigenvalue weighted by Gasteiger charge is 2.34. The van der Waals surface area contributed by atoms with Gasteiger partial charge in [-0.15, -0.1) is 0 Å². The van der Waals surface area contributed by atoms with Crippen molar-refractivity contribution in [3.8, 4) is 17.1 Å². The standard InChI is InChI=1S/C16H8BrF3O3.C2H6/c17-11-3-1-2-9-13(22)7-14(23-15(9)11)8-4-5-12(21)10(6-8)16(18,19)20;1-2/h1-7,21H;1-2H3. The highest BCUT2D eigenvalue weighted by atomic mass is 79.9. The lowest BCUT2D eigenvalue weighted by atomic mass is 10.1. The number of phenolic OH excluding ortho intramolecular Hbond substituents is 1. The lowest BCUT2D eigenvalue weighted by Crippen LogP contribution is -2.06. The Morgan fingerprint density at radius 1 is 1.08 bits per heavy atom. The summed E-state index contributed by atoms with van der Waals surface area (Å²) < 4.78 is 44.7. The topological polar surface area (TPSA) is 50.4 Å². The fourth-order valence-corrected chi connectivity index (χ4v) is 2.65. The zero-order valence-electron chi connectivity index (χ0n) is 13.3. The van der Waals surface area contributed by atoms with Crippen LogP contribution in [0.2, 0.25) is 0 Å². The summed E-state index contributed by atoms with van der Waals surface area (Å²) >= 11 is 3.24. The summed E-state index contributed by atoms with van der Waals surface area (Å²) in [4.78, 5) is 12.1. The van der Waals surface area contributed by atoms with Crippen LogP contribution in [0.1, 0.15) is 19.4 Å². The fraction of sp³-hybridized carbons (Fsp3) is 0.167. The van der Waals surface area contributed by atoms with Crippen molar-refractivity contribution >= 4 is 26.9 Å². The molecule has 3 rings (SSSR count). The molecule has 0 spiro atoms. The van der Waals surface area contributed by atoms with Gasteiger partial charge in [-0.3, -0.25) is 4.79 Å². The average molecular weight is 415 g/mol. The van der Waals surface area contributed by atoms with Gasteiger partial charge in [0.1, 0.15) is 11.5 Å². The maximum Gasteiger partial charge on any atom is 0.419 e. The third kappa shape index (κ3) is 3.87. The lowest BCUT2D eigenvalue weighted by Gasteiger charge is -2.11. The molecule has 3 aromatic rings. The molecule has 1 N–H and O–H groups in total. The highest BCUT2D eigenvalue weighted by Crippen LogP contribution is 2.38. The molecule has 0 bridgehead atoms. The molecule has 0 unspecified atom stereocenters. The van der Waals surface area contributed by atoms with Gasteiger partial charge in [0.15, 0.2) is 11.0 Å². The molecule has 0 aliphatic carbocycles. The molecule has 25 heavy (non-hydrogen) atoms. The van der Waals surface area contributed by atoms with Gasteiger partial charge < -0.3 is 9.52 Å². The van der Waals surface area contributed by atoms with Crippen LogP contribution in [0.25, 0.3) is 22.3 Å². The van der Waals surface area contributed by atoms with E-state index in [4.69, 9.17) is 4.42 Å². The van der Waals surface area contributed by atoms with Crippen molar-refractivity contribution in [2.75, 3.05) is 0 Å². The van der Waals surface area contributed by atoms with Gasteiger partial charge in [-0.2, -0.15) is 13.2 Å². The molecule has 0 fully saturated rings. The van der Waals surface area contributed by atoms with E-state index in [9.17, 15) is 23.1 Å². The average Bonchev–Trinajstić information content (AvgIpc) is 2.57. The van der Waals surface area contributed by atoms with Crippen LogP contribution in [-0.4, -0.2) is 5.11 Å². The van der Waals surface area contributed by atoms with Gasteiger partial charge in [0.05, 0.1) is 15.4 Å². The van der Waals surface area contributed by atoms with Gasteiger partial charge in [-0.25, -0.2) is 0 Å². The molecule has 0 saturated carbocycles. The Morgan fingerprint density at radius 3 is 2.40 bits per heavy atom. The number of hydrogen-bond donors (Lipinski definition) is 1. The van der Waals surface area contributed by atoms with E-state index < -0.39 is 17.5 Å². The second kappa shape index (κ2) is 7.31. The molecule has 2 aromatic carbocycles. The number of benzene rings is 2. The van der Waals surface area contributed by atoms with Crippen molar-refractivity contribution in [2.24, 2.45) is 0 Å². The second-order valence-electron chi connectivity index (χ2n) is 4.82. The number of rotatable bonds is 1. The number of fused-ring (bicyclic) bond motifs is 1. The van der Waals surface area contributed by atoms with Crippen molar-refractivity contribution in [2.45, 2.75) is 20.0 Å². The second-order valence-corrected chi connectivity index (χ2v) is 5.68. The minimum absolute atomic E-state index is 0.0140. The summed E-state index contributed by atoms with van der Waals surface area (Å²) in [6.45, 7) is 4.00. The van der Waals surface area contributed by atoms with Crippen molar-refractivity contribution in [3.05, 3.63) is 62.7 Å². The van der Waals surface area contributed by atoms with Crippen LogP contribution in [0.3, 0.4) is 0 Å². The quantitative estimate of drug-likeness (QED) is 0.533. The Balaban J connectivity index is 0.00000109. The highest BCUT2D eigenvalue weighted by molar-refractivity contribution is 9.10. The summed E-state index contributed by atoms with van der Waals surface area (Å²) in [5, 5.41) is 9.69. The van der Waals surface area contributed by atoms with E-state index >= 15 is 0 Å². The fourth-order valence-electron chi connectivity index (χ4n) is 2.20. The van der Waals surface area contributed by atoms with Crippen LogP contribution in [-0.2, 0) is 6.18 Å². The summed E-state index contributed by atoms with van der Waals surface area (Å²) in [7, 11) is 0. The lowest BCUT2D eigenvalue weighted by molar-refractivity contribution is -0.138. The van der Waals surface area contributed by atoms with Crippen LogP contribution in [0.4, 0.5) is 13.2 Å². The van der Waals surface area contributed by atoms with E-state index in [1.165, 1.54) is 6.07 Å². The Hall–Kier alpha value is -2.28. The summed E-state index contributed by atoms with van der Waals surface area (Å²) in [5.41, 5.74) is -1.27. The van der Waals surface area contributed by atoms with E-state index in [1.807, 2.05) is 13.8 Å². The minimum Gasteiger partial charge on any atom is -0.507 e. The number of hydrogen-bond acceptors (Lipinski definition) is 3. The van der Waals surface area contributed by atoms with Gasteiger partial charge in [0.2, 0.25) is 0 Å². The van der Waals surface area contributed by atoms with Crippen LogP contribution >= 0.6 is 15.9 Å². The first-order valence-corrected chi connectivity index (χ1v) is 8.19. The predicted molar refractivity (Wildman–Crippen MR) is 93.6 cm³/mol. The molecule has 3 nitrogen and oxygen atoms in total. The van der Waals surface area contributed by atoms with E-state index in [-0.39, 0.29) is 22.3 Å². The Kier molecular flexibility index (Phi) is 5.57. The van der Waals surface area contributed by atoms with Gasteiger partial charge >= 0.3 is 6.18 Å². The molecule has 1 heterocycles. The number of para-hydroxylation sites is 1. The molecular formula is C18H14BrF3O3. The first-order chi connectivity index (χ1) is 11.8. The van der Waals surface area contributed by atoms with Gasteiger partial charge in [-0.05, 0) is 46.3 Å². The SMILES string of the molecule is CC.O=c1cc(-c2ccc(O)c(C(F)(F)F)c2)oc2c(Br)cccc12. The van der Waals surface area contributed by atoms with Gasteiger partial charge in [0, 0.05) is 11.6 Å². The number of halogens is 4. The first-order valence-electron chi connectivity index (χ1n) is 7.40. The molecule has 0 radical (unpaired) electrons. The molecule has 1 aromatic heterocycles. The largest absolute Gasteiger partial charge is 0.507 e. The van der Waals surface area contributed by atoms with E-state index in [0.29, 0.717) is 9.86 Å². The summed E-state index contributed by atoms with van der Waals surface area (Å²) in [6, 6.07) is 8.93. The Labute approximate surface area is 149 Å². The monoisotopic (exact) mass is 414 g/mol. The summed E-state index contributed by atoms with van der Waals surface area (Å²) in [5.74, 6) is -0.898. The first kappa shape index (κ1) is 19.1. The molecule has 7 heteroatoms. The zero-order chi connectivity index (χ0) is 18.8. The van der Waals surface area contributed by atoms with Crippen molar-refractivity contribution < 1.29 is 22.7 Å². The van der Waals surface area contributed by atoms with Crippen LogP contribution < -0.4 is 5.43 Å². The maximum absolute atomic E-state index is 12.9. The van der Waals surface area contributed by atoms with Crippen LogP contribution in [0.5, 0.6) is 5.75 Å². The summed E-state index contributed by atoms with van der Waals surface area (Å²) in [6.07, 6.45) is -4.71. The van der Waals surface area contributed by atoms with E-state index in [0.717, 1.165) is 18.2 Å². The number of alkyl halides is 3. The van der Waals surface area contributed by atoms with Crippen molar-refractivity contribution in [1.29, 1.82) is 0 Å². The molecule has 0 amide bonds. The number of aromatic hydroxyl groups is 1. The maximum atomic E-state index is 12.9. The van der Waals surface area contributed by atoms with Gasteiger partial charge in [0.25, 0.3) is 0 Å². The van der Waals surface area contributed by atoms with Crippen LogP contribution in [0.15, 0.2) is 56.1 Å². The molecular weight excluding hydrogens is 401 g/mol. The molecule has 0 aliphatic heterocycles. The zero-order valence-corrected chi connectivity index (χ0v) is 14.9. The molecule has 0 atom stereocenters. The van der Waals surface area contributed by atoms with Crippen LogP contribution in [0, 0.1) is 0 Å². The van der Waals surface area contributed by atoms with Crippen molar-refractivity contribution in [3.63, 3.8) is 0 Å². The molecule has 0 saturated heterocycles. The van der Waals surface area contributed by atoms with E-state index in [1.54, 1.807) is 18.2 Å². The molecule has 0 aliphatic rings. The van der Waals surface area contributed by atoms with Gasteiger partial charge in [-0.1, -0.05) is 19.9 Å². The predicted octanol–water partition coefficient (Wildman–Crippen LogP) is 5.97. The minimum atomic E-state index is -4.71. The Morgan fingerprint density at radius 2 is 1.76 bits per heavy atom. The molecule has 132 valence electrons.